The third kappa shape index (κ3) is 6.92. The van der Waals surface area contributed by atoms with Gasteiger partial charge in [-0.1, -0.05) is 13.3 Å². The molecule has 170 valence electrons. The summed E-state index contributed by atoms with van der Waals surface area (Å²) in [5, 5.41) is 5.01. The fourth-order valence-electron chi connectivity index (χ4n) is 3.63. The predicted octanol–water partition coefficient (Wildman–Crippen LogP) is 2.74. The van der Waals surface area contributed by atoms with Crippen molar-refractivity contribution in [3.63, 3.8) is 0 Å². The summed E-state index contributed by atoms with van der Waals surface area (Å²) in [7, 11) is 0. The Morgan fingerprint density at radius 1 is 1.29 bits per heavy atom. The highest BCUT2D eigenvalue weighted by molar-refractivity contribution is 7.80. The molecule has 1 saturated heterocycles. The molecular weight excluding hydrogens is 412 g/mol. The van der Waals surface area contributed by atoms with E-state index in [0.29, 0.717) is 23.8 Å². The zero-order valence-corrected chi connectivity index (χ0v) is 19.4. The maximum absolute atomic E-state index is 12.8. The van der Waals surface area contributed by atoms with E-state index in [1.807, 2.05) is 31.2 Å². The Kier molecular flexibility index (Phi) is 9.12. The Morgan fingerprint density at radius 2 is 2.10 bits per heavy atom. The van der Waals surface area contributed by atoms with Gasteiger partial charge >= 0.3 is 0 Å². The molecule has 0 atom stereocenters. The molecule has 1 aliphatic heterocycles. The van der Waals surface area contributed by atoms with Crippen LogP contribution in [-0.4, -0.2) is 72.4 Å². The van der Waals surface area contributed by atoms with Gasteiger partial charge in [0.1, 0.15) is 5.75 Å². The van der Waals surface area contributed by atoms with Gasteiger partial charge in [-0.05, 0) is 49.8 Å². The number of nitrogens with one attached hydrogen (secondary N) is 2. The Hall–Kier alpha value is -2.16. The van der Waals surface area contributed by atoms with Crippen LogP contribution in [-0.2, 0) is 11.3 Å². The predicted molar refractivity (Wildman–Crippen MR) is 129 cm³/mol. The molecule has 1 aromatic carbocycles. The van der Waals surface area contributed by atoms with Crippen LogP contribution in [0.5, 0.6) is 5.75 Å². The number of pyridine rings is 1. The van der Waals surface area contributed by atoms with E-state index in [2.05, 4.69) is 27.0 Å². The van der Waals surface area contributed by atoms with Gasteiger partial charge in [-0.15, -0.1) is 0 Å². The molecule has 1 fully saturated rings. The molecule has 0 bridgehead atoms. The maximum Gasteiger partial charge on any atom is 0.253 e. The molecule has 8 heteroatoms. The van der Waals surface area contributed by atoms with Crippen LogP contribution in [0.2, 0.25) is 0 Å². The number of hydrogen-bond donors (Lipinski definition) is 2. The fourth-order valence-corrected chi connectivity index (χ4v) is 3.89. The summed E-state index contributed by atoms with van der Waals surface area (Å²) >= 11 is 5.69. The molecule has 0 aliphatic carbocycles. The summed E-state index contributed by atoms with van der Waals surface area (Å²) in [4.78, 5) is 20.2. The van der Waals surface area contributed by atoms with Crippen molar-refractivity contribution in [2.75, 3.05) is 52.5 Å². The van der Waals surface area contributed by atoms with Crippen LogP contribution in [0.1, 0.15) is 32.3 Å². The highest BCUT2D eigenvalue weighted by atomic mass is 32.1. The van der Waals surface area contributed by atoms with E-state index >= 15 is 0 Å². The molecule has 0 amide bonds. The van der Waals surface area contributed by atoms with Gasteiger partial charge in [-0.3, -0.25) is 9.69 Å². The lowest BCUT2D eigenvalue weighted by molar-refractivity contribution is 0.0357. The smallest absolute Gasteiger partial charge is 0.253 e. The summed E-state index contributed by atoms with van der Waals surface area (Å²) in [6.07, 6.45) is 2.17. The Morgan fingerprint density at radius 3 is 2.84 bits per heavy atom. The average Bonchev–Trinajstić information content (AvgIpc) is 2.78. The topological polar surface area (TPSA) is 69.8 Å². The second-order valence-corrected chi connectivity index (χ2v) is 8.15. The van der Waals surface area contributed by atoms with Crippen LogP contribution in [0.25, 0.3) is 10.9 Å². The number of hydrogen-bond acceptors (Lipinski definition) is 5. The number of ether oxygens (including phenoxy) is 2. The number of benzene rings is 1. The van der Waals surface area contributed by atoms with Gasteiger partial charge in [-0.2, -0.15) is 0 Å². The van der Waals surface area contributed by atoms with Crippen LogP contribution in [0.15, 0.2) is 29.1 Å². The standard InChI is InChI=1S/C23H34N4O3S/c1-3-5-8-24-23(31)27(10-9-26-11-13-29-14-12-26)17-19-15-18-16-20(30-4-2)6-7-21(18)25-22(19)28/h6-7,15-16H,3-5,8-14,17H2,1-2H3,(H,24,31)(H,25,28). The molecule has 0 spiro atoms. The number of thiocarbonyl (C=S) groups is 1. The second kappa shape index (κ2) is 12.0. The molecule has 3 rings (SSSR count). The minimum Gasteiger partial charge on any atom is -0.494 e. The average molecular weight is 447 g/mol. The molecule has 31 heavy (non-hydrogen) atoms. The van der Waals surface area contributed by atoms with Crippen LogP contribution in [0, 0.1) is 0 Å². The van der Waals surface area contributed by atoms with Crippen molar-refractivity contribution in [1.29, 1.82) is 0 Å². The van der Waals surface area contributed by atoms with Crippen LogP contribution in [0.3, 0.4) is 0 Å². The first-order chi connectivity index (χ1) is 15.1. The van der Waals surface area contributed by atoms with Gasteiger partial charge in [0, 0.05) is 49.2 Å². The second-order valence-electron chi connectivity index (χ2n) is 7.77. The summed E-state index contributed by atoms with van der Waals surface area (Å²) < 4.78 is 11.1. The third-order valence-electron chi connectivity index (χ3n) is 5.45. The van der Waals surface area contributed by atoms with E-state index < -0.39 is 0 Å². The number of morpholine rings is 1. The van der Waals surface area contributed by atoms with Crippen LogP contribution >= 0.6 is 12.2 Å². The number of fused-ring (bicyclic) bond motifs is 1. The SMILES string of the molecule is CCCCNC(=S)N(CCN1CCOCC1)Cc1cc2cc(OCC)ccc2[nH]c1=O. The van der Waals surface area contributed by atoms with Crippen LogP contribution in [0.4, 0.5) is 0 Å². The quantitative estimate of drug-likeness (QED) is 0.430. The number of rotatable bonds is 10. The van der Waals surface area contributed by atoms with Gasteiger partial charge in [0.15, 0.2) is 5.11 Å². The van der Waals surface area contributed by atoms with E-state index in [4.69, 9.17) is 21.7 Å². The molecule has 1 aliphatic rings. The van der Waals surface area contributed by atoms with E-state index in [1.165, 1.54) is 0 Å². The van der Waals surface area contributed by atoms with Crippen molar-refractivity contribution in [2.24, 2.45) is 0 Å². The number of aromatic nitrogens is 1. The molecule has 7 nitrogen and oxygen atoms in total. The fraction of sp³-hybridized carbons (Fsp3) is 0.565. The molecule has 2 aromatic rings. The maximum atomic E-state index is 12.8. The molecule has 2 N–H and O–H groups in total. The van der Waals surface area contributed by atoms with Gasteiger partial charge in [0.25, 0.3) is 5.56 Å². The molecular formula is C23H34N4O3S. The number of unbranched alkanes of at least 4 members (excludes halogenated alkanes) is 1. The Labute approximate surface area is 189 Å². The van der Waals surface area contributed by atoms with Crippen molar-refractivity contribution in [2.45, 2.75) is 33.2 Å². The van der Waals surface area contributed by atoms with E-state index in [1.54, 1.807) is 0 Å². The minimum absolute atomic E-state index is 0.0793. The number of nitrogens with zero attached hydrogens (tertiary/aromatic N) is 2. The number of H-pyrrole nitrogens is 1. The summed E-state index contributed by atoms with van der Waals surface area (Å²) in [5.41, 5.74) is 1.42. The molecule has 2 heterocycles. The lowest BCUT2D eigenvalue weighted by atomic mass is 10.1. The highest BCUT2D eigenvalue weighted by Gasteiger charge is 2.16. The lowest BCUT2D eigenvalue weighted by Gasteiger charge is -2.31. The summed E-state index contributed by atoms with van der Waals surface area (Å²) in [6, 6.07) is 7.68. The zero-order chi connectivity index (χ0) is 22.1. The largest absolute Gasteiger partial charge is 0.494 e. The molecule has 0 radical (unpaired) electrons. The Balaban J connectivity index is 1.77. The minimum atomic E-state index is -0.0793. The van der Waals surface area contributed by atoms with Gasteiger partial charge in [0.2, 0.25) is 0 Å². The van der Waals surface area contributed by atoms with Crippen molar-refractivity contribution < 1.29 is 9.47 Å². The third-order valence-corrected chi connectivity index (χ3v) is 5.85. The first-order valence-electron chi connectivity index (χ1n) is 11.2. The van der Waals surface area contributed by atoms with Crippen molar-refractivity contribution in [3.05, 3.63) is 40.2 Å². The van der Waals surface area contributed by atoms with Crippen molar-refractivity contribution in [1.82, 2.24) is 20.1 Å². The van der Waals surface area contributed by atoms with Gasteiger partial charge in [-0.25, -0.2) is 0 Å². The lowest BCUT2D eigenvalue weighted by Crippen LogP contribution is -2.46. The first-order valence-corrected chi connectivity index (χ1v) is 11.6. The Bertz CT molecular complexity index is 911. The first kappa shape index (κ1) is 23.5. The number of aromatic amines is 1. The van der Waals surface area contributed by atoms with Crippen molar-refractivity contribution >= 4 is 28.2 Å². The summed E-state index contributed by atoms with van der Waals surface area (Å²) in [5.74, 6) is 0.800. The van der Waals surface area contributed by atoms with E-state index in [-0.39, 0.29) is 5.56 Å². The monoisotopic (exact) mass is 446 g/mol. The normalized spacial score (nSPS) is 14.5. The van der Waals surface area contributed by atoms with Crippen molar-refractivity contribution in [3.8, 4) is 5.75 Å². The molecule has 0 unspecified atom stereocenters. The molecule has 1 aromatic heterocycles. The van der Waals surface area contributed by atoms with E-state index in [0.717, 1.165) is 75.4 Å². The van der Waals surface area contributed by atoms with Gasteiger partial charge < -0.3 is 24.7 Å². The molecule has 0 saturated carbocycles. The zero-order valence-electron chi connectivity index (χ0n) is 18.6. The van der Waals surface area contributed by atoms with Gasteiger partial charge in [0.05, 0.1) is 26.4 Å². The van der Waals surface area contributed by atoms with Crippen LogP contribution < -0.4 is 15.6 Å². The van der Waals surface area contributed by atoms with E-state index in [9.17, 15) is 4.79 Å². The highest BCUT2D eigenvalue weighted by Crippen LogP contribution is 2.19. The summed E-state index contributed by atoms with van der Waals surface area (Å²) in [6.45, 7) is 11.1.